The highest BCUT2D eigenvalue weighted by Crippen LogP contribution is 2.31. The van der Waals surface area contributed by atoms with Crippen molar-refractivity contribution in [3.8, 4) is 0 Å². The van der Waals surface area contributed by atoms with Crippen molar-refractivity contribution in [2.75, 3.05) is 16.8 Å². The van der Waals surface area contributed by atoms with Gasteiger partial charge in [0.15, 0.2) is 0 Å². The van der Waals surface area contributed by atoms with Gasteiger partial charge in [0.05, 0.1) is 16.2 Å². The summed E-state index contributed by atoms with van der Waals surface area (Å²) in [7, 11) is 0. The largest absolute Gasteiger partial charge is 0.369 e. The zero-order valence-electron chi connectivity index (χ0n) is 14.3. The van der Waals surface area contributed by atoms with Crippen LogP contribution in [0, 0.1) is 0 Å². The third kappa shape index (κ3) is 3.35. The first-order valence-corrected chi connectivity index (χ1v) is 9.58. The van der Waals surface area contributed by atoms with Crippen LogP contribution in [0.2, 0.25) is 0 Å². The zero-order chi connectivity index (χ0) is 17.2. The first kappa shape index (κ1) is 16.4. The lowest BCUT2D eigenvalue weighted by Gasteiger charge is -2.35. The monoisotopic (exact) mass is 399 g/mol. The Balaban J connectivity index is 1.69. The molecule has 1 N–H and O–H groups in total. The molecule has 1 saturated heterocycles. The fraction of sp³-hybridized carbons (Fsp3) is 0.368. The van der Waals surface area contributed by atoms with Gasteiger partial charge in [-0.15, -0.1) is 0 Å². The molecule has 0 radical (unpaired) electrons. The molecule has 0 saturated carbocycles. The third-order valence-electron chi connectivity index (χ3n) is 4.89. The van der Waals surface area contributed by atoms with Crippen LogP contribution in [0.15, 0.2) is 47.3 Å². The standard InChI is InChI=1S/C19H22BrN5/c1-14-5-2-3-8-24(14)16-9-18-17(20)13-23-25(18)19(10-16)22-12-15-6-4-7-21-11-15/h4,6-7,9-11,13-14,22H,2-3,5,8,12H2,1H3. The Morgan fingerprint density at radius 2 is 2.20 bits per heavy atom. The third-order valence-corrected chi connectivity index (χ3v) is 5.50. The second-order valence-corrected chi connectivity index (χ2v) is 7.50. The number of nitrogens with one attached hydrogen (secondary N) is 1. The summed E-state index contributed by atoms with van der Waals surface area (Å²) in [6.07, 6.45) is 9.37. The van der Waals surface area contributed by atoms with E-state index >= 15 is 0 Å². The quantitative estimate of drug-likeness (QED) is 0.702. The van der Waals surface area contributed by atoms with Crippen molar-refractivity contribution < 1.29 is 0 Å². The molecular formula is C19H22BrN5. The molecular weight excluding hydrogens is 378 g/mol. The number of piperidine rings is 1. The van der Waals surface area contributed by atoms with Crippen LogP contribution >= 0.6 is 15.9 Å². The Morgan fingerprint density at radius 1 is 1.28 bits per heavy atom. The van der Waals surface area contributed by atoms with Gasteiger partial charge >= 0.3 is 0 Å². The van der Waals surface area contributed by atoms with Crippen LogP contribution in [0.4, 0.5) is 11.5 Å². The summed E-state index contributed by atoms with van der Waals surface area (Å²) >= 11 is 3.63. The Morgan fingerprint density at radius 3 is 3.00 bits per heavy atom. The zero-order valence-corrected chi connectivity index (χ0v) is 15.9. The van der Waals surface area contributed by atoms with Gasteiger partial charge in [-0.25, -0.2) is 4.52 Å². The average molecular weight is 400 g/mol. The van der Waals surface area contributed by atoms with Crippen molar-refractivity contribution in [1.82, 2.24) is 14.6 Å². The SMILES string of the molecule is CC1CCCCN1c1cc(NCc2cccnc2)n2ncc(Br)c2c1. The molecule has 0 spiro atoms. The maximum atomic E-state index is 4.51. The number of rotatable bonds is 4. The lowest BCUT2D eigenvalue weighted by atomic mass is 10.0. The summed E-state index contributed by atoms with van der Waals surface area (Å²) in [5.74, 6) is 1.000. The molecule has 1 fully saturated rings. The first-order chi connectivity index (χ1) is 12.2. The number of hydrogen-bond acceptors (Lipinski definition) is 4. The van der Waals surface area contributed by atoms with Crippen LogP contribution in [-0.4, -0.2) is 27.2 Å². The highest BCUT2D eigenvalue weighted by atomic mass is 79.9. The highest BCUT2D eigenvalue weighted by Gasteiger charge is 2.20. The second kappa shape index (κ2) is 7.04. The number of anilines is 2. The minimum Gasteiger partial charge on any atom is -0.369 e. The lowest BCUT2D eigenvalue weighted by Crippen LogP contribution is -2.37. The Kier molecular flexibility index (Phi) is 4.61. The minimum atomic E-state index is 0.573. The van der Waals surface area contributed by atoms with Gasteiger partial charge in [-0.3, -0.25) is 4.98 Å². The summed E-state index contributed by atoms with van der Waals surface area (Å²) in [5.41, 5.74) is 3.50. The number of halogens is 1. The van der Waals surface area contributed by atoms with Gasteiger partial charge in [-0.05, 0) is 59.8 Å². The predicted octanol–water partition coefficient (Wildman–Crippen LogP) is 4.48. The summed E-state index contributed by atoms with van der Waals surface area (Å²) < 4.78 is 2.97. The smallest absolute Gasteiger partial charge is 0.130 e. The first-order valence-electron chi connectivity index (χ1n) is 8.79. The molecule has 0 bridgehead atoms. The average Bonchev–Trinajstić information content (AvgIpc) is 3.02. The van der Waals surface area contributed by atoms with Gasteiger partial charge in [0.2, 0.25) is 0 Å². The van der Waals surface area contributed by atoms with Gasteiger partial charge in [0, 0.05) is 43.3 Å². The normalized spacial score (nSPS) is 17.8. The molecule has 0 aromatic carbocycles. The molecule has 0 aliphatic carbocycles. The van der Waals surface area contributed by atoms with Crippen molar-refractivity contribution in [2.24, 2.45) is 0 Å². The van der Waals surface area contributed by atoms with Crippen molar-refractivity contribution in [1.29, 1.82) is 0 Å². The van der Waals surface area contributed by atoms with Crippen molar-refractivity contribution in [2.45, 2.75) is 38.8 Å². The number of pyridine rings is 2. The molecule has 6 heteroatoms. The van der Waals surface area contributed by atoms with Crippen LogP contribution in [0.3, 0.4) is 0 Å². The summed E-state index contributed by atoms with van der Waals surface area (Å²) in [5, 5.41) is 8.03. The van der Waals surface area contributed by atoms with Gasteiger partial charge in [0.25, 0.3) is 0 Å². The van der Waals surface area contributed by atoms with Gasteiger partial charge in [-0.1, -0.05) is 6.07 Å². The van der Waals surface area contributed by atoms with E-state index in [1.807, 2.05) is 23.0 Å². The molecule has 1 aliphatic rings. The van der Waals surface area contributed by atoms with E-state index in [1.54, 1.807) is 6.20 Å². The molecule has 3 aromatic heterocycles. The molecule has 3 aromatic rings. The molecule has 5 nitrogen and oxygen atoms in total. The maximum absolute atomic E-state index is 4.51. The van der Waals surface area contributed by atoms with E-state index in [2.05, 4.69) is 61.4 Å². The maximum Gasteiger partial charge on any atom is 0.130 e. The van der Waals surface area contributed by atoms with Crippen LogP contribution < -0.4 is 10.2 Å². The van der Waals surface area contributed by atoms with E-state index in [-0.39, 0.29) is 0 Å². The lowest BCUT2D eigenvalue weighted by molar-refractivity contribution is 0.485. The topological polar surface area (TPSA) is 45.5 Å². The molecule has 0 amide bonds. The van der Waals surface area contributed by atoms with Gasteiger partial charge < -0.3 is 10.2 Å². The van der Waals surface area contributed by atoms with E-state index in [4.69, 9.17) is 0 Å². The second-order valence-electron chi connectivity index (χ2n) is 6.64. The van der Waals surface area contributed by atoms with Crippen LogP contribution in [0.25, 0.3) is 5.52 Å². The summed E-state index contributed by atoms with van der Waals surface area (Å²) in [4.78, 5) is 6.70. The van der Waals surface area contributed by atoms with Crippen molar-refractivity contribution in [3.63, 3.8) is 0 Å². The van der Waals surface area contributed by atoms with E-state index in [0.717, 1.165) is 34.5 Å². The van der Waals surface area contributed by atoms with E-state index in [9.17, 15) is 0 Å². The van der Waals surface area contributed by atoms with E-state index in [1.165, 1.54) is 24.9 Å². The number of aromatic nitrogens is 3. The Labute approximate surface area is 156 Å². The molecule has 130 valence electrons. The molecule has 1 unspecified atom stereocenters. The number of nitrogens with zero attached hydrogens (tertiary/aromatic N) is 4. The Hall–Kier alpha value is -2.08. The van der Waals surface area contributed by atoms with E-state index < -0.39 is 0 Å². The number of hydrogen-bond donors (Lipinski definition) is 1. The highest BCUT2D eigenvalue weighted by molar-refractivity contribution is 9.10. The fourth-order valence-corrected chi connectivity index (χ4v) is 3.89. The summed E-state index contributed by atoms with van der Waals surface area (Å²) in [6, 6.07) is 9.05. The molecule has 1 atom stereocenters. The van der Waals surface area contributed by atoms with Crippen LogP contribution in [0.5, 0.6) is 0 Å². The van der Waals surface area contributed by atoms with Crippen LogP contribution in [-0.2, 0) is 6.54 Å². The van der Waals surface area contributed by atoms with Crippen molar-refractivity contribution >= 4 is 33.0 Å². The number of fused-ring (bicyclic) bond motifs is 1. The molecule has 4 rings (SSSR count). The van der Waals surface area contributed by atoms with Crippen LogP contribution in [0.1, 0.15) is 31.7 Å². The molecule has 1 aliphatic heterocycles. The van der Waals surface area contributed by atoms with Gasteiger partial charge in [-0.2, -0.15) is 5.10 Å². The van der Waals surface area contributed by atoms with E-state index in [0.29, 0.717) is 6.04 Å². The molecule has 25 heavy (non-hydrogen) atoms. The van der Waals surface area contributed by atoms with Crippen molar-refractivity contribution in [3.05, 3.63) is 52.9 Å². The predicted molar refractivity (Wildman–Crippen MR) is 105 cm³/mol. The summed E-state index contributed by atoms with van der Waals surface area (Å²) in [6.45, 7) is 4.15. The Bertz CT molecular complexity index is 861. The molecule has 4 heterocycles. The fourth-order valence-electron chi connectivity index (χ4n) is 3.51. The van der Waals surface area contributed by atoms with Gasteiger partial charge in [0.1, 0.15) is 5.82 Å². The minimum absolute atomic E-state index is 0.573.